The van der Waals surface area contributed by atoms with Crippen LogP contribution in [0.4, 0.5) is 5.82 Å². The van der Waals surface area contributed by atoms with Gasteiger partial charge in [0, 0.05) is 16.6 Å². The fourth-order valence-corrected chi connectivity index (χ4v) is 4.18. The van der Waals surface area contributed by atoms with Crippen LogP contribution < -0.4 is 5.73 Å². The summed E-state index contributed by atoms with van der Waals surface area (Å²) in [7, 11) is -2.59. The molecule has 0 aromatic carbocycles. The van der Waals surface area contributed by atoms with Crippen molar-refractivity contribution in [2.45, 2.75) is 24.5 Å². The van der Waals surface area contributed by atoms with Crippen LogP contribution in [0.25, 0.3) is 21.5 Å². The molecule has 0 spiro atoms. The molecule has 12 heteroatoms. The maximum atomic E-state index is 10.5. The number of anilines is 1. The zero-order valence-electron chi connectivity index (χ0n) is 13.8. The largest absolute Gasteiger partial charge is 0.387 e. The van der Waals surface area contributed by atoms with E-state index >= 15 is 0 Å². The first-order valence-corrected chi connectivity index (χ1v) is 9.99. The van der Waals surface area contributed by atoms with E-state index < -0.39 is 33.1 Å². The topological polar surface area (TPSA) is 156 Å². The Hall–Kier alpha value is -1.69. The summed E-state index contributed by atoms with van der Waals surface area (Å²) in [6.45, 7) is -0.276. The molecule has 4 atom stereocenters. The summed E-state index contributed by atoms with van der Waals surface area (Å²) in [4.78, 5) is 27.0. The van der Waals surface area contributed by atoms with Crippen LogP contribution in [0.1, 0.15) is 6.23 Å². The summed E-state index contributed by atoms with van der Waals surface area (Å²) in [6.07, 6.45) is -1.37. The molecule has 27 heavy (non-hydrogen) atoms. The van der Waals surface area contributed by atoms with Crippen molar-refractivity contribution in [1.29, 1.82) is 0 Å². The Morgan fingerprint density at radius 2 is 2.11 bits per heavy atom. The van der Waals surface area contributed by atoms with Gasteiger partial charge in [0.2, 0.25) is 0 Å². The number of thiophene rings is 1. The smallest absolute Gasteiger partial charge is 0.327 e. The monoisotopic (exact) mass is 412 g/mol. The highest BCUT2D eigenvalue weighted by atomic mass is 32.1. The maximum absolute atomic E-state index is 10.5. The van der Waals surface area contributed by atoms with E-state index in [0.29, 0.717) is 16.9 Å². The number of aliphatic hydroxyl groups is 2. The Kier molecular flexibility index (Phi) is 5.10. The van der Waals surface area contributed by atoms with Gasteiger partial charge < -0.3 is 39.6 Å². The number of hydrogen-bond donors (Lipinski definition) is 5. The Bertz CT molecular complexity index is 936. The predicted molar refractivity (Wildman–Crippen MR) is 98.5 cm³/mol. The fourth-order valence-electron chi connectivity index (χ4n) is 3.16. The van der Waals surface area contributed by atoms with Crippen molar-refractivity contribution in [1.82, 2.24) is 14.5 Å². The van der Waals surface area contributed by atoms with E-state index in [0.717, 1.165) is 10.4 Å². The van der Waals surface area contributed by atoms with Crippen molar-refractivity contribution >= 4 is 36.8 Å². The minimum absolute atomic E-state index is 0.276. The van der Waals surface area contributed by atoms with E-state index in [9.17, 15) is 10.2 Å². The average Bonchev–Trinajstić information content (AvgIpc) is 3.34. The van der Waals surface area contributed by atoms with Gasteiger partial charge in [-0.05, 0) is 11.4 Å². The van der Waals surface area contributed by atoms with E-state index in [1.165, 1.54) is 17.7 Å². The third-order valence-corrected chi connectivity index (χ3v) is 5.67. The fraction of sp³-hybridized carbons (Fsp3) is 0.333. The number of ether oxygens (including phenoxy) is 1. The van der Waals surface area contributed by atoms with Crippen molar-refractivity contribution in [3.05, 3.63) is 30.0 Å². The number of rotatable bonds is 5. The van der Waals surface area contributed by atoms with Gasteiger partial charge in [0.05, 0.1) is 12.0 Å². The van der Waals surface area contributed by atoms with Crippen LogP contribution in [0, 0.1) is 0 Å². The Morgan fingerprint density at radius 1 is 1.30 bits per heavy atom. The molecule has 4 rings (SSSR count). The molecule has 6 N–H and O–H groups in total. The van der Waals surface area contributed by atoms with Crippen LogP contribution in [0.15, 0.2) is 30.0 Å². The number of nitrogens with two attached hydrogens (primary N) is 1. The zero-order chi connectivity index (χ0) is 19.1. The first kappa shape index (κ1) is 18.7. The molecule has 10 nitrogen and oxygen atoms in total. The third-order valence-electron chi connectivity index (χ3n) is 4.39. The second kappa shape index (κ2) is 7.38. The minimum Gasteiger partial charge on any atom is -0.387 e. The van der Waals surface area contributed by atoms with Gasteiger partial charge in [-0.15, -0.1) is 11.3 Å². The van der Waals surface area contributed by atoms with E-state index in [2.05, 4.69) is 9.97 Å². The third kappa shape index (κ3) is 3.33. The molecule has 0 radical (unpaired) electrons. The quantitative estimate of drug-likeness (QED) is 0.378. The lowest BCUT2D eigenvalue weighted by atomic mass is 10.1. The average molecular weight is 412 g/mol. The molecular weight excluding hydrogens is 395 g/mol. The molecule has 0 amide bonds. The van der Waals surface area contributed by atoms with Gasteiger partial charge in [0.1, 0.15) is 36.1 Å². The highest BCUT2D eigenvalue weighted by Gasteiger charge is 2.44. The van der Waals surface area contributed by atoms with Gasteiger partial charge in [-0.2, -0.15) is 0 Å². The van der Waals surface area contributed by atoms with Crippen LogP contribution in [0.2, 0.25) is 0 Å². The SMILES string of the molecule is Nc1ncnc2c1c(-c1cccs1)cn2C1OC(COP(O)O)C(O)C1O. The number of aromatic nitrogens is 3. The van der Waals surface area contributed by atoms with Crippen LogP contribution >= 0.6 is 19.9 Å². The predicted octanol–water partition coefficient (Wildman–Crippen LogP) is 0.589. The summed E-state index contributed by atoms with van der Waals surface area (Å²) >= 11 is 1.52. The molecule has 3 aromatic heterocycles. The van der Waals surface area contributed by atoms with Crippen LogP contribution in [-0.2, 0) is 9.26 Å². The molecule has 1 aliphatic rings. The summed E-state index contributed by atoms with van der Waals surface area (Å²) in [5.74, 6) is 0.293. The van der Waals surface area contributed by atoms with Gasteiger partial charge in [-0.25, -0.2) is 9.97 Å². The first-order valence-electron chi connectivity index (χ1n) is 7.94. The van der Waals surface area contributed by atoms with Gasteiger partial charge in [-0.1, -0.05) is 6.07 Å². The molecule has 0 bridgehead atoms. The summed E-state index contributed by atoms with van der Waals surface area (Å²) in [5, 5.41) is 23.3. The summed E-state index contributed by atoms with van der Waals surface area (Å²) in [5.41, 5.74) is 7.30. The van der Waals surface area contributed by atoms with Crippen molar-refractivity contribution in [3.8, 4) is 10.4 Å². The van der Waals surface area contributed by atoms with Gasteiger partial charge in [0.25, 0.3) is 0 Å². The number of nitrogen functional groups attached to an aromatic ring is 1. The van der Waals surface area contributed by atoms with Gasteiger partial charge in [0.15, 0.2) is 6.23 Å². The molecule has 0 saturated carbocycles. The van der Waals surface area contributed by atoms with Crippen molar-refractivity contribution < 1.29 is 29.3 Å². The Labute approximate surface area is 158 Å². The number of hydrogen-bond acceptors (Lipinski definition) is 10. The van der Waals surface area contributed by atoms with Crippen molar-refractivity contribution in [2.24, 2.45) is 0 Å². The lowest BCUT2D eigenvalue weighted by Crippen LogP contribution is -2.33. The number of fused-ring (bicyclic) bond motifs is 1. The molecule has 0 aliphatic carbocycles. The number of nitrogens with zero attached hydrogens (tertiary/aromatic N) is 3. The van der Waals surface area contributed by atoms with Gasteiger partial charge in [-0.3, -0.25) is 0 Å². The minimum atomic E-state index is -2.59. The lowest BCUT2D eigenvalue weighted by molar-refractivity contribution is -0.0482. The molecule has 3 aromatic rings. The molecular formula is C15H17N4O6PS. The van der Waals surface area contributed by atoms with Gasteiger partial charge >= 0.3 is 8.60 Å². The lowest BCUT2D eigenvalue weighted by Gasteiger charge is -2.17. The van der Waals surface area contributed by atoms with E-state index in [4.69, 9.17) is 24.8 Å². The summed E-state index contributed by atoms with van der Waals surface area (Å²) in [6, 6.07) is 3.83. The zero-order valence-corrected chi connectivity index (χ0v) is 15.5. The first-order chi connectivity index (χ1) is 13.0. The maximum Gasteiger partial charge on any atom is 0.327 e. The van der Waals surface area contributed by atoms with Crippen LogP contribution in [-0.4, -0.2) is 59.5 Å². The Balaban J connectivity index is 1.75. The molecule has 144 valence electrons. The second-order valence-electron chi connectivity index (χ2n) is 5.98. The highest BCUT2D eigenvalue weighted by Crippen LogP contribution is 2.40. The summed E-state index contributed by atoms with van der Waals surface area (Å²) < 4.78 is 12.0. The van der Waals surface area contributed by atoms with Crippen LogP contribution in [0.3, 0.4) is 0 Å². The van der Waals surface area contributed by atoms with Crippen molar-refractivity contribution in [3.63, 3.8) is 0 Å². The van der Waals surface area contributed by atoms with Crippen LogP contribution in [0.5, 0.6) is 0 Å². The van der Waals surface area contributed by atoms with E-state index in [1.807, 2.05) is 17.5 Å². The molecule has 4 unspecified atom stereocenters. The standard InChI is InChI=1S/C15H17N4O6PS/c16-13-10-7(9-2-1-3-27-9)4-19(14(10)18-6-17-13)15-12(21)11(20)8(25-15)5-24-26(22)23/h1-4,6,8,11-12,15,20-23H,5H2,(H2,16,17,18). The second-order valence-corrected chi connectivity index (χ2v) is 7.69. The molecule has 1 aliphatic heterocycles. The Morgan fingerprint density at radius 3 is 2.81 bits per heavy atom. The molecule has 1 fully saturated rings. The normalized spacial score (nSPS) is 25.7. The van der Waals surface area contributed by atoms with E-state index in [-0.39, 0.29) is 6.61 Å². The molecule has 4 heterocycles. The highest BCUT2D eigenvalue weighted by molar-refractivity contribution is 7.39. The van der Waals surface area contributed by atoms with E-state index in [1.54, 1.807) is 10.8 Å². The number of aliphatic hydroxyl groups excluding tert-OH is 2. The molecule has 1 saturated heterocycles. The van der Waals surface area contributed by atoms with Crippen molar-refractivity contribution in [2.75, 3.05) is 12.3 Å².